The van der Waals surface area contributed by atoms with E-state index in [1.165, 1.54) is 32.1 Å². The highest BCUT2D eigenvalue weighted by Gasteiger charge is 2.41. The van der Waals surface area contributed by atoms with Gasteiger partial charge in [-0.3, -0.25) is 0 Å². The zero-order valence-electron chi connectivity index (χ0n) is 12.5. The van der Waals surface area contributed by atoms with E-state index >= 15 is 0 Å². The Morgan fingerprint density at radius 3 is 2.37 bits per heavy atom. The number of rotatable bonds is 1. The molecule has 110 valence electrons. The lowest BCUT2D eigenvalue weighted by Gasteiger charge is -2.36. The van der Waals surface area contributed by atoms with E-state index in [2.05, 4.69) is 0 Å². The molecule has 0 aromatic carbocycles. The van der Waals surface area contributed by atoms with Crippen LogP contribution in [0.1, 0.15) is 59.3 Å². The first-order valence-corrected chi connectivity index (χ1v) is 7.64. The van der Waals surface area contributed by atoms with Crippen molar-refractivity contribution in [3.63, 3.8) is 0 Å². The molecule has 0 radical (unpaired) electrons. The Morgan fingerprint density at radius 2 is 1.79 bits per heavy atom. The number of likely N-dealkylation sites (tertiary alicyclic amines) is 1. The molecule has 1 saturated carbocycles. The Morgan fingerprint density at radius 1 is 1.16 bits per heavy atom. The Hall–Kier alpha value is -0.770. The molecule has 19 heavy (non-hydrogen) atoms. The molecule has 4 nitrogen and oxygen atoms in total. The van der Waals surface area contributed by atoms with Crippen LogP contribution in [0, 0.1) is 5.92 Å². The summed E-state index contributed by atoms with van der Waals surface area (Å²) in [7, 11) is 0. The lowest BCUT2D eigenvalue weighted by Crippen LogP contribution is -2.49. The maximum absolute atomic E-state index is 12.3. The molecule has 2 N–H and O–H groups in total. The van der Waals surface area contributed by atoms with Crippen molar-refractivity contribution in [1.29, 1.82) is 0 Å². The molecule has 1 heterocycles. The van der Waals surface area contributed by atoms with E-state index in [0.717, 1.165) is 13.0 Å². The van der Waals surface area contributed by atoms with Crippen molar-refractivity contribution in [2.24, 2.45) is 11.7 Å². The number of hydrogen-bond acceptors (Lipinski definition) is 3. The summed E-state index contributed by atoms with van der Waals surface area (Å²) in [6.07, 6.45) is 7.00. The molecule has 1 amide bonds. The summed E-state index contributed by atoms with van der Waals surface area (Å²) < 4.78 is 5.52. The molecule has 2 aliphatic rings. The third-order valence-electron chi connectivity index (χ3n) is 4.26. The van der Waals surface area contributed by atoms with E-state index in [-0.39, 0.29) is 18.2 Å². The molecule has 0 bridgehead atoms. The second kappa shape index (κ2) is 5.70. The van der Waals surface area contributed by atoms with Crippen LogP contribution in [0.4, 0.5) is 4.79 Å². The molecule has 0 aromatic heterocycles. The van der Waals surface area contributed by atoms with Gasteiger partial charge in [-0.1, -0.05) is 19.3 Å². The number of nitrogens with zero attached hydrogens (tertiary/aromatic N) is 1. The molecular formula is C15H28N2O2. The number of carbonyl (C=O) groups excluding carboxylic acids is 1. The van der Waals surface area contributed by atoms with E-state index < -0.39 is 5.60 Å². The van der Waals surface area contributed by atoms with Crippen LogP contribution in [-0.2, 0) is 4.74 Å². The fourth-order valence-corrected chi connectivity index (χ4v) is 3.45. The van der Waals surface area contributed by atoms with Crippen LogP contribution >= 0.6 is 0 Å². The highest BCUT2D eigenvalue weighted by atomic mass is 16.6. The van der Waals surface area contributed by atoms with Crippen LogP contribution in [0.5, 0.6) is 0 Å². The van der Waals surface area contributed by atoms with Gasteiger partial charge >= 0.3 is 6.09 Å². The largest absolute Gasteiger partial charge is 0.444 e. The van der Waals surface area contributed by atoms with Gasteiger partial charge in [0.1, 0.15) is 5.60 Å². The molecule has 0 aromatic rings. The van der Waals surface area contributed by atoms with Crippen LogP contribution in [0.3, 0.4) is 0 Å². The summed E-state index contributed by atoms with van der Waals surface area (Å²) >= 11 is 0. The number of nitrogens with two attached hydrogens (primary N) is 1. The molecule has 0 spiro atoms. The maximum atomic E-state index is 12.3. The molecule has 2 fully saturated rings. The van der Waals surface area contributed by atoms with Gasteiger partial charge in [0.15, 0.2) is 0 Å². The van der Waals surface area contributed by atoms with Gasteiger partial charge in [-0.05, 0) is 46.0 Å². The summed E-state index contributed by atoms with van der Waals surface area (Å²) in [5.74, 6) is 0.568. The first-order valence-electron chi connectivity index (χ1n) is 7.64. The fourth-order valence-electron chi connectivity index (χ4n) is 3.45. The third kappa shape index (κ3) is 3.62. The Bertz CT molecular complexity index is 319. The second-order valence-corrected chi connectivity index (χ2v) is 7.01. The number of hydrogen-bond donors (Lipinski definition) is 1. The summed E-state index contributed by atoms with van der Waals surface area (Å²) in [6, 6.07) is 0.311. The van der Waals surface area contributed by atoms with E-state index in [1.807, 2.05) is 25.7 Å². The predicted octanol–water partition coefficient (Wildman–Crippen LogP) is 2.90. The van der Waals surface area contributed by atoms with Gasteiger partial charge in [-0.15, -0.1) is 0 Å². The SMILES string of the molecule is CC(C)(C)OC(=O)N1CC[C@@H](N)[C@@H]1C1CCCCC1. The van der Waals surface area contributed by atoms with E-state index in [0.29, 0.717) is 5.92 Å². The van der Waals surface area contributed by atoms with Gasteiger partial charge in [-0.2, -0.15) is 0 Å². The number of amides is 1. The quantitative estimate of drug-likeness (QED) is 0.795. The lowest BCUT2D eigenvalue weighted by atomic mass is 9.81. The first kappa shape index (κ1) is 14.6. The highest BCUT2D eigenvalue weighted by Crippen LogP contribution is 2.34. The van der Waals surface area contributed by atoms with E-state index in [9.17, 15) is 4.79 Å². The average Bonchev–Trinajstić information content (AvgIpc) is 2.70. The van der Waals surface area contributed by atoms with Crippen molar-refractivity contribution in [2.75, 3.05) is 6.54 Å². The van der Waals surface area contributed by atoms with Crippen LogP contribution < -0.4 is 5.73 Å². The van der Waals surface area contributed by atoms with Gasteiger partial charge < -0.3 is 15.4 Å². The van der Waals surface area contributed by atoms with Gasteiger partial charge in [0.25, 0.3) is 0 Å². The highest BCUT2D eigenvalue weighted by molar-refractivity contribution is 5.69. The second-order valence-electron chi connectivity index (χ2n) is 7.01. The molecule has 1 saturated heterocycles. The first-order chi connectivity index (χ1) is 8.88. The standard InChI is InChI=1S/C15H28N2O2/c1-15(2,3)19-14(18)17-10-9-12(16)13(17)11-7-5-4-6-8-11/h11-13H,4-10,16H2,1-3H3/t12-,13+/m1/s1. The molecular weight excluding hydrogens is 240 g/mol. The van der Waals surface area contributed by atoms with Crippen molar-refractivity contribution in [1.82, 2.24) is 4.90 Å². The summed E-state index contributed by atoms with van der Waals surface area (Å²) in [4.78, 5) is 14.2. The zero-order chi connectivity index (χ0) is 14.0. The Labute approximate surface area is 116 Å². The Kier molecular flexibility index (Phi) is 4.39. The van der Waals surface area contributed by atoms with E-state index in [4.69, 9.17) is 10.5 Å². The normalized spacial score (nSPS) is 29.6. The smallest absolute Gasteiger partial charge is 0.410 e. The van der Waals surface area contributed by atoms with Crippen molar-refractivity contribution >= 4 is 6.09 Å². The molecule has 1 aliphatic carbocycles. The summed E-state index contributed by atoms with van der Waals surface area (Å²) in [5.41, 5.74) is 5.82. The van der Waals surface area contributed by atoms with Crippen LogP contribution in [0.2, 0.25) is 0 Å². The molecule has 1 aliphatic heterocycles. The van der Waals surface area contributed by atoms with Crippen LogP contribution in [0.15, 0.2) is 0 Å². The van der Waals surface area contributed by atoms with Crippen molar-refractivity contribution < 1.29 is 9.53 Å². The molecule has 2 rings (SSSR count). The lowest BCUT2D eigenvalue weighted by molar-refractivity contribution is 0.0146. The van der Waals surface area contributed by atoms with Gasteiger partial charge in [0.05, 0.1) is 6.04 Å². The van der Waals surface area contributed by atoms with Gasteiger partial charge in [0, 0.05) is 12.6 Å². The fraction of sp³-hybridized carbons (Fsp3) is 0.933. The summed E-state index contributed by atoms with van der Waals surface area (Å²) in [5, 5.41) is 0. The zero-order valence-corrected chi connectivity index (χ0v) is 12.5. The minimum absolute atomic E-state index is 0.121. The predicted molar refractivity (Wildman–Crippen MR) is 75.9 cm³/mol. The maximum Gasteiger partial charge on any atom is 0.410 e. The van der Waals surface area contributed by atoms with Crippen LogP contribution in [0.25, 0.3) is 0 Å². The van der Waals surface area contributed by atoms with Crippen LogP contribution in [-0.4, -0.2) is 35.2 Å². The van der Waals surface area contributed by atoms with Crippen molar-refractivity contribution in [3.8, 4) is 0 Å². The number of ether oxygens (including phenoxy) is 1. The van der Waals surface area contributed by atoms with Gasteiger partial charge in [0.2, 0.25) is 0 Å². The van der Waals surface area contributed by atoms with Crippen molar-refractivity contribution in [2.45, 2.75) is 77.0 Å². The Balaban J connectivity index is 2.04. The molecule has 0 unspecified atom stereocenters. The molecule has 4 heteroatoms. The van der Waals surface area contributed by atoms with Gasteiger partial charge in [-0.25, -0.2) is 4.79 Å². The summed E-state index contributed by atoms with van der Waals surface area (Å²) in [6.45, 7) is 6.49. The third-order valence-corrected chi connectivity index (χ3v) is 4.26. The number of carbonyl (C=O) groups is 1. The van der Waals surface area contributed by atoms with E-state index in [1.54, 1.807) is 0 Å². The minimum Gasteiger partial charge on any atom is -0.444 e. The monoisotopic (exact) mass is 268 g/mol. The average molecular weight is 268 g/mol. The minimum atomic E-state index is -0.430. The van der Waals surface area contributed by atoms with Crippen molar-refractivity contribution in [3.05, 3.63) is 0 Å². The topological polar surface area (TPSA) is 55.6 Å². The molecule has 2 atom stereocenters.